The van der Waals surface area contributed by atoms with E-state index in [2.05, 4.69) is 16.0 Å². The Hall–Kier alpha value is -0.580. The molecule has 0 aromatic heterocycles. The lowest BCUT2D eigenvalue weighted by atomic mass is 9.92. The number of aliphatic hydroxyl groups is 3. The minimum Gasteiger partial charge on any atom is -0.388 e. The van der Waals surface area contributed by atoms with Crippen LogP contribution in [0.15, 0.2) is 0 Å². The number of urea groups is 1. The zero-order chi connectivity index (χ0) is 27.0. The molecule has 0 bridgehead atoms. The number of amides is 3. The third-order valence-corrected chi connectivity index (χ3v) is 7.54. The van der Waals surface area contributed by atoms with Gasteiger partial charge in [-0.05, 0) is 20.1 Å². The lowest BCUT2D eigenvalue weighted by molar-refractivity contribution is -0.205. The molecule has 36 heavy (non-hydrogen) atoms. The van der Waals surface area contributed by atoms with Gasteiger partial charge < -0.3 is 45.6 Å². The number of hydrogen-bond acceptors (Lipinski definition) is 10. The van der Waals surface area contributed by atoms with E-state index in [4.69, 9.17) is 21.1 Å². The van der Waals surface area contributed by atoms with E-state index in [1.54, 1.807) is 18.1 Å². The van der Waals surface area contributed by atoms with Gasteiger partial charge in [0.1, 0.15) is 35.9 Å². The number of nitrogens with one attached hydrogen (secondary N) is 3. The van der Waals surface area contributed by atoms with Crippen molar-refractivity contribution in [2.75, 3.05) is 45.3 Å². The van der Waals surface area contributed by atoms with Gasteiger partial charge >= 0.3 is 6.03 Å². The van der Waals surface area contributed by atoms with E-state index in [1.165, 1.54) is 18.0 Å². The summed E-state index contributed by atoms with van der Waals surface area (Å²) in [6, 6.07) is -1.66. The summed E-state index contributed by atoms with van der Waals surface area (Å²) in [5.41, 5.74) is -0.775. The zero-order valence-corrected chi connectivity index (χ0v) is 23.2. The molecule has 0 aromatic carbocycles. The van der Waals surface area contributed by atoms with Crippen LogP contribution < -0.4 is 16.0 Å². The van der Waals surface area contributed by atoms with Gasteiger partial charge in [-0.2, -0.15) is 3.89 Å². The first-order valence-electron chi connectivity index (χ1n) is 11.8. The van der Waals surface area contributed by atoms with Gasteiger partial charge in [-0.15, -0.1) is 23.4 Å². The lowest BCUT2D eigenvalue weighted by Gasteiger charge is -2.44. The molecule has 0 saturated carbocycles. The van der Waals surface area contributed by atoms with Gasteiger partial charge in [-0.25, -0.2) is 4.79 Å². The molecule has 3 heterocycles. The van der Waals surface area contributed by atoms with Crippen LogP contribution in [-0.4, -0.2) is 131 Å². The Bertz CT molecular complexity index is 717. The summed E-state index contributed by atoms with van der Waals surface area (Å²) in [5.74, 6) is -0.435. The molecule has 3 aliphatic heterocycles. The predicted octanol–water partition coefficient (Wildman–Crippen LogP) is -0.479. The number of alkyl halides is 1. The summed E-state index contributed by atoms with van der Waals surface area (Å²) >= 11 is 7.80. The molecule has 15 heteroatoms. The van der Waals surface area contributed by atoms with Crippen molar-refractivity contribution in [1.82, 2.24) is 20.9 Å². The summed E-state index contributed by atoms with van der Waals surface area (Å²) in [6.07, 6.45) is -2.49. The molecule has 6 N–H and O–H groups in total. The zero-order valence-electron chi connectivity index (χ0n) is 20.8. The van der Waals surface area contributed by atoms with Gasteiger partial charge in [0.15, 0.2) is 0 Å². The number of aliphatic hydroxyl groups excluding tert-OH is 3. The Kier molecular flexibility index (Phi) is 13.3. The predicted molar refractivity (Wildman–Crippen MR) is 138 cm³/mol. The van der Waals surface area contributed by atoms with Crippen molar-refractivity contribution in [2.45, 2.75) is 67.3 Å². The van der Waals surface area contributed by atoms with Gasteiger partial charge in [-0.3, -0.25) is 4.79 Å². The molecule has 3 rings (SSSR count). The average molecular weight is 577 g/mol. The highest BCUT2D eigenvalue weighted by Crippen LogP contribution is 2.31. The molecule has 0 spiro atoms. The van der Waals surface area contributed by atoms with Gasteiger partial charge in [0.05, 0.1) is 24.1 Å². The van der Waals surface area contributed by atoms with Gasteiger partial charge in [0.2, 0.25) is 5.91 Å². The summed E-state index contributed by atoms with van der Waals surface area (Å²) in [4.78, 5) is 27.2. The molecule has 3 saturated heterocycles. The molecule has 0 radical (unpaired) electrons. The van der Waals surface area contributed by atoms with Crippen LogP contribution in [0.2, 0.25) is 0 Å². The van der Waals surface area contributed by atoms with Gasteiger partial charge in [0.25, 0.3) is 0 Å². The first-order valence-corrected chi connectivity index (χ1v) is 14.6. The highest BCUT2D eigenvalue weighted by Gasteiger charge is 2.49. The maximum Gasteiger partial charge on any atom is 0.317 e. The number of thioether (sulfide) groups is 1. The number of fused-ring (bicyclic) bond motifs is 1. The number of carbonyl (C=O) groups excluding carboxylic acids is 2. The standard InChI is InChI=1S/C20H35ClN4O7S.CH3FS/c1-4-22-20(30)25-5-6-31-16-10(8-25)7-23-12(16)18(29)24-11(9(2)21)17-14(27)13(26)15(28)19(32-17)33-3;1-3-2/h9-17,19,23,26-28H,4-8H2,1-3H3,(H,22,30)(H,24,29);1H3/t9-,10+,11+,12-,13+,14?,15+,16+,17+,19?;/m0./s1. The Labute approximate surface area is 224 Å². The maximum atomic E-state index is 13.2. The SMILES string of the molecule is CCNC(=O)N1CCO[C@@H]2[C@H](CN[C@@H]2C(=O)N[C@H]([C@H](C)Cl)[C@H]2OC(SC)[C@H](O)[C@H](O)C2O)C1.CSF. The first-order chi connectivity index (χ1) is 17.1. The fourth-order valence-electron chi connectivity index (χ4n) is 4.62. The van der Waals surface area contributed by atoms with E-state index in [1.807, 2.05) is 6.92 Å². The summed E-state index contributed by atoms with van der Waals surface area (Å²) in [7, 11) is 0. The van der Waals surface area contributed by atoms with E-state index in [-0.39, 0.29) is 30.0 Å². The third kappa shape index (κ3) is 7.73. The topological polar surface area (TPSA) is 153 Å². The molecule has 3 fully saturated rings. The molecule has 2 unspecified atom stereocenters. The van der Waals surface area contributed by atoms with E-state index in [9.17, 15) is 28.8 Å². The van der Waals surface area contributed by atoms with E-state index in [0.717, 1.165) is 0 Å². The monoisotopic (exact) mass is 576 g/mol. The van der Waals surface area contributed by atoms with Crippen LogP contribution in [0, 0.1) is 5.92 Å². The Morgan fingerprint density at radius 2 is 1.92 bits per heavy atom. The molecule has 210 valence electrons. The van der Waals surface area contributed by atoms with Crippen molar-refractivity contribution in [3.63, 3.8) is 0 Å². The van der Waals surface area contributed by atoms with Crippen LogP contribution in [0.4, 0.5) is 8.68 Å². The van der Waals surface area contributed by atoms with Crippen molar-refractivity contribution < 1.29 is 38.3 Å². The number of rotatable bonds is 6. The van der Waals surface area contributed by atoms with Crippen molar-refractivity contribution in [1.29, 1.82) is 0 Å². The second-order valence-electron chi connectivity index (χ2n) is 8.81. The minimum atomic E-state index is -1.43. The Balaban J connectivity index is 0.00000145. The molecule has 3 amide bonds. The van der Waals surface area contributed by atoms with Crippen LogP contribution in [0.1, 0.15) is 13.8 Å². The number of carbonyl (C=O) groups is 2. The molecular formula is C21H38ClFN4O7S2. The normalized spacial score (nSPS) is 36.0. The highest BCUT2D eigenvalue weighted by molar-refractivity contribution is 7.99. The number of nitrogens with zero attached hydrogens (tertiary/aromatic N) is 1. The molecule has 0 aromatic rings. The summed E-state index contributed by atoms with van der Waals surface area (Å²) in [5, 5.41) is 39.1. The van der Waals surface area contributed by atoms with Crippen LogP contribution in [0.3, 0.4) is 0 Å². The fraction of sp³-hybridized carbons (Fsp3) is 0.905. The van der Waals surface area contributed by atoms with Crippen molar-refractivity contribution in [2.24, 2.45) is 5.92 Å². The molecule has 3 aliphatic rings. The average Bonchev–Trinajstić information content (AvgIpc) is 3.11. The maximum absolute atomic E-state index is 13.2. The molecular weight excluding hydrogens is 539 g/mol. The number of ether oxygens (including phenoxy) is 2. The van der Waals surface area contributed by atoms with Crippen molar-refractivity contribution in [3.8, 4) is 0 Å². The van der Waals surface area contributed by atoms with Crippen molar-refractivity contribution in [3.05, 3.63) is 0 Å². The lowest BCUT2D eigenvalue weighted by Crippen LogP contribution is -2.65. The van der Waals surface area contributed by atoms with Crippen molar-refractivity contribution >= 4 is 47.4 Å². The number of hydrogen-bond donors (Lipinski definition) is 6. The van der Waals surface area contributed by atoms with Gasteiger partial charge in [0, 0.05) is 50.5 Å². The van der Waals surface area contributed by atoms with Crippen LogP contribution >= 0.6 is 35.5 Å². The van der Waals surface area contributed by atoms with Gasteiger partial charge in [-0.1, -0.05) is 0 Å². The Morgan fingerprint density at radius 1 is 1.25 bits per heavy atom. The largest absolute Gasteiger partial charge is 0.388 e. The van der Waals surface area contributed by atoms with E-state index < -0.39 is 53.4 Å². The van der Waals surface area contributed by atoms with E-state index >= 15 is 0 Å². The molecule has 0 aliphatic carbocycles. The highest BCUT2D eigenvalue weighted by atomic mass is 35.5. The third-order valence-electron chi connectivity index (χ3n) is 6.41. The first kappa shape index (κ1) is 31.6. The quantitative estimate of drug-likeness (QED) is 0.229. The second kappa shape index (κ2) is 15.1. The Morgan fingerprint density at radius 3 is 2.50 bits per heavy atom. The summed E-state index contributed by atoms with van der Waals surface area (Å²) < 4.78 is 22.0. The second-order valence-corrected chi connectivity index (χ2v) is 10.7. The molecule has 10 atom stereocenters. The van der Waals surface area contributed by atoms with Crippen LogP contribution in [0.25, 0.3) is 0 Å². The minimum absolute atomic E-state index is 0.0629. The number of halogens is 2. The fourth-order valence-corrected chi connectivity index (χ4v) is 5.51. The van der Waals surface area contributed by atoms with Crippen LogP contribution in [0.5, 0.6) is 0 Å². The summed E-state index contributed by atoms with van der Waals surface area (Å²) in [6.45, 7) is 5.76. The smallest absolute Gasteiger partial charge is 0.317 e. The molecule has 11 nitrogen and oxygen atoms in total. The van der Waals surface area contributed by atoms with E-state index in [0.29, 0.717) is 32.8 Å². The van der Waals surface area contributed by atoms with Crippen LogP contribution in [-0.2, 0) is 14.3 Å².